The third-order valence-electron chi connectivity index (χ3n) is 5.62. The number of carbonyl (C=O) groups is 3. The molecule has 1 aliphatic heterocycles. The number of ether oxygens (including phenoxy) is 2. The van der Waals surface area contributed by atoms with E-state index in [0.29, 0.717) is 48.6 Å². The highest BCUT2D eigenvalue weighted by Crippen LogP contribution is 2.26. The fourth-order valence-electron chi connectivity index (χ4n) is 3.73. The molecule has 2 amide bonds. The summed E-state index contributed by atoms with van der Waals surface area (Å²) in [6, 6.07) is 12.4. The smallest absolute Gasteiger partial charge is 0.337 e. The Morgan fingerprint density at radius 2 is 1.72 bits per heavy atom. The van der Waals surface area contributed by atoms with E-state index in [9.17, 15) is 14.4 Å². The van der Waals surface area contributed by atoms with E-state index >= 15 is 0 Å². The molecule has 32 heavy (non-hydrogen) atoms. The number of benzene rings is 2. The molecule has 3 rings (SSSR count). The van der Waals surface area contributed by atoms with Crippen LogP contribution in [0, 0.1) is 12.8 Å². The van der Waals surface area contributed by atoms with Crippen molar-refractivity contribution in [3.05, 3.63) is 53.6 Å². The van der Waals surface area contributed by atoms with E-state index in [-0.39, 0.29) is 24.3 Å². The summed E-state index contributed by atoms with van der Waals surface area (Å²) in [4.78, 5) is 39.0. The highest BCUT2D eigenvalue weighted by molar-refractivity contribution is 5.96. The maximum absolute atomic E-state index is 12.7. The molecule has 1 aliphatic rings. The van der Waals surface area contributed by atoms with Gasteiger partial charge in [-0.05, 0) is 62.7 Å². The first-order valence-corrected chi connectivity index (χ1v) is 10.6. The van der Waals surface area contributed by atoms with E-state index in [0.717, 1.165) is 5.56 Å². The molecule has 2 aromatic rings. The van der Waals surface area contributed by atoms with E-state index in [1.54, 1.807) is 31.4 Å². The Morgan fingerprint density at radius 1 is 1.00 bits per heavy atom. The Balaban J connectivity index is 1.50. The van der Waals surface area contributed by atoms with E-state index in [2.05, 4.69) is 10.6 Å². The van der Waals surface area contributed by atoms with Crippen LogP contribution in [0.25, 0.3) is 0 Å². The van der Waals surface area contributed by atoms with E-state index < -0.39 is 5.97 Å². The minimum Gasteiger partial charge on any atom is -0.495 e. The van der Waals surface area contributed by atoms with Gasteiger partial charge in [-0.2, -0.15) is 0 Å². The van der Waals surface area contributed by atoms with Crippen LogP contribution in [-0.2, 0) is 14.3 Å². The van der Waals surface area contributed by atoms with Gasteiger partial charge in [-0.15, -0.1) is 0 Å². The topological polar surface area (TPSA) is 97.0 Å². The van der Waals surface area contributed by atoms with Gasteiger partial charge in [0.05, 0.1) is 32.0 Å². The highest BCUT2D eigenvalue weighted by Gasteiger charge is 2.26. The third kappa shape index (κ3) is 5.85. The Hall–Kier alpha value is -3.39. The first-order valence-electron chi connectivity index (χ1n) is 10.6. The first-order chi connectivity index (χ1) is 15.4. The molecule has 0 atom stereocenters. The molecule has 0 aromatic heterocycles. The average Bonchev–Trinajstić information content (AvgIpc) is 2.80. The molecule has 0 bridgehead atoms. The lowest BCUT2D eigenvalue weighted by molar-refractivity contribution is -0.121. The molecular formula is C24H29N3O5. The average molecular weight is 440 g/mol. The van der Waals surface area contributed by atoms with Crippen molar-refractivity contribution in [1.82, 2.24) is 4.90 Å². The Morgan fingerprint density at radius 3 is 2.41 bits per heavy atom. The zero-order valence-corrected chi connectivity index (χ0v) is 18.6. The summed E-state index contributed by atoms with van der Waals surface area (Å²) in [5, 5.41) is 5.82. The lowest BCUT2D eigenvalue weighted by Gasteiger charge is -2.30. The second-order valence-electron chi connectivity index (χ2n) is 7.81. The number of amides is 2. The fourth-order valence-corrected chi connectivity index (χ4v) is 3.73. The van der Waals surface area contributed by atoms with Crippen LogP contribution >= 0.6 is 0 Å². The minimum absolute atomic E-state index is 0.0335. The number of hydrogen-bond acceptors (Lipinski definition) is 6. The molecule has 8 nitrogen and oxygen atoms in total. The number of hydrogen-bond donors (Lipinski definition) is 2. The van der Waals surface area contributed by atoms with Crippen LogP contribution in [0.3, 0.4) is 0 Å². The third-order valence-corrected chi connectivity index (χ3v) is 5.62. The molecule has 170 valence electrons. The molecule has 2 N–H and O–H groups in total. The van der Waals surface area contributed by atoms with Gasteiger partial charge in [0.1, 0.15) is 5.75 Å². The molecule has 0 radical (unpaired) electrons. The highest BCUT2D eigenvalue weighted by atomic mass is 16.5. The standard InChI is InChI=1S/C24H29N3O5/c1-16-8-9-18(24(30)32-3)14-20(16)25-22(28)15-27-12-10-17(11-13-27)23(29)26-19-6-4-5-7-21(19)31-2/h4-9,14,17H,10-13,15H2,1-3H3,(H,25,28)(H,26,29). The number of rotatable bonds is 7. The van der Waals surface area contributed by atoms with Crippen LogP contribution in [0.2, 0.25) is 0 Å². The van der Waals surface area contributed by atoms with Gasteiger partial charge in [0, 0.05) is 11.6 Å². The van der Waals surface area contributed by atoms with Gasteiger partial charge in [-0.1, -0.05) is 18.2 Å². The Bertz CT molecular complexity index is 983. The number of anilines is 2. The molecule has 0 unspecified atom stereocenters. The zero-order valence-electron chi connectivity index (χ0n) is 18.6. The summed E-state index contributed by atoms with van der Waals surface area (Å²) in [6.45, 7) is 3.39. The quantitative estimate of drug-likeness (QED) is 0.644. The monoisotopic (exact) mass is 439 g/mol. The number of piperidine rings is 1. The number of aryl methyl sites for hydroxylation is 1. The predicted octanol–water partition coefficient (Wildman–Crippen LogP) is 3.08. The molecule has 1 fully saturated rings. The molecular weight excluding hydrogens is 410 g/mol. The second-order valence-corrected chi connectivity index (χ2v) is 7.81. The number of carbonyl (C=O) groups excluding carboxylic acids is 3. The normalized spacial score (nSPS) is 14.5. The van der Waals surface area contributed by atoms with Crippen LogP contribution in [0.5, 0.6) is 5.75 Å². The number of likely N-dealkylation sites (tertiary alicyclic amines) is 1. The Labute approximate surface area is 187 Å². The van der Waals surface area contributed by atoms with E-state index in [1.807, 2.05) is 30.0 Å². The first kappa shape index (κ1) is 23.3. The van der Waals surface area contributed by atoms with Gasteiger partial charge in [0.2, 0.25) is 11.8 Å². The van der Waals surface area contributed by atoms with Crippen molar-refractivity contribution in [3.63, 3.8) is 0 Å². The van der Waals surface area contributed by atoms with Crippen molar-refractivity contribution in [2.24, 2.45) is 5.92 Å². The van der Waals surface area contributed by atoms with Crippen molar-refractivity contribution in [2.75, 3.05) is 44.5 Å². The lowest BCUT2D eigenvalue weighted by Crippen LogP contribution is -2.41. The maximum atomic E-state index is 12.7. The molecule has 1 saturated heterocycles. The minimum atomic E-state index is -0.450. The van der Waals surface area contributed by atoms with Crippen molar-refractivity contribution < 1.29 is 23.9 Å². The van der Waals surface area contributed by atoms with Gasteiger partial charge >= 0.3 is 5.97 Å². The number of nitrogens with zero attached hydrogens (tertiary/aromatic N) is 1. The SMILES string of the molecule is COC(=O)c1ccc(C)c(NC(=O)CN2CCC(C(=O)Nc3ccccc3OC)CC2)c1. The summed E-state index contributed by atoms with van der Waals surface area (Å²) in [6.07, 6.45) is 1.34. The Kier molecular flexibility index (Phi) is 7.83. The van der Waals surface area contributed by atoms with Crippen LogP contribution in [0.1, 0.15) is 28.8 Å². The van der Waals surface area contributed by atoms with Crippen molar-refractivity contribution in [2.45, 2.75) is 19.8 Å². The summed E-state index contributed by atoms with van der Waals surface area (Å²) in [5.74, 6) is -0.130. The van der Waals surface area contributed by atoms with Crippen molar-refractivity contribution in [1.29, 1.82) is 0 Å². The summed E-state index contributed by atoms with van der Waals surface area (Å²) >= 11 is 0. The number of para-hydroxylation sites is 2. The van der Waals surface area contributed by atoms with E-state index in [4.69, 9.17) is 9.47 Å². The summed E-state index contributed by atoms with van der Waals surface area (Å²) < 4.78 is 10.0. The fraction of sp³-hybridized carbons (Fsp3) is 0.375. The van der Waals surface area contributed by atoms with Crippen molar-refractivity contribution in [3.8, 4) is 5.75 Å². The number of nitrogens with one attached hydrogen (secondary N) is 2. The molecule has 0 aliphatic carbocycles. The molecule has 2 aromatic carbocycles. The largest absolute Gasteiger partial charge is 0.495 e. The van der Waals surface area contributed by atoms with E-state index in [1.165, 1.54) is 7.11 Å². The maximum Gasteiger partial charge on any atom is 0.337 e. The molecule has 1 heterocycles. The van der Waals surface area contributed by atoms with Crippen LogP contribution in [0.15, 0.2) is 42.5 Å². The molecule has 0 saturated carbocycles. The van der Waals surface area contributed by atoms with Crippen LogP contribution in [0.4, 0.5) is 11.4 Å². The second kappa shape index (κ2) is 10.8. The zero-order chi connectivity index (χ0) is 23.1. The van der Waals surface area contributed by atoms with Crippen LogP contribution in [-0.4, -0.2) is 56.5 Å². The van der Waals surface area contributed by atoms with Crippen molar-refractivity contribution >= 4 is 29.2 Å². The van der Waals surface area contributed by atoms with Gasteiger partial charge in [0.25, 0.3) is 0 Å². The summed E-state index contributed by atoms with van der Waals surface area (Å²) in [7, 11) is 2.89. The number of methoxy groups -OCH3 is 2. The number of esters is 1. The molecule has 0 spiro atoms. The van der Waals surface area contributed by atoms with Gasteiger partial charge in [0.15, 0.2) is 0 Å². The van der Waals surface area contributed by atoms with Gasteiger partial charge in [-0.3, -0.25) is 14.5 Å². The lowest BCUT2D eigenvalue weighted by atomic mass is 9.95. The summed E-state index contributed by atoms with van der Waals surface area (Å²) in [5.41, 5.74) is 2.49. The van der Waals surface area contributed by atoms with Gasteiger partial charge in [-0.25, -0.2) is 4.79 Å². The molecule has 8 heteroatoms. The predicted molar refractivity (Wildman–Crippen MR) is 122 cm³/mol. The van der Waals surface area contributed by atoms with Crippen LogP contribution < -0.4 is 15.4 Å². The van der Waals surface area contributed by atoms with Gasteiger partial charge < -0.3 is 20.1 Å².